The van der Waals surface area contributed by atoms with Gasteiger partial charge in [-0.05, 0) is 13.8 Å². The van der Waals surface area contributed by atoms with Crippen molar-refractivity contribution < 1.29 is 4.92 Å². The number of nitrogen functional groups attached to an aromatic ring is 1. The number of nitrogens with zero attached hydrogens (tertiary/aromatic N) is 5. The minimum atomic E-state index is -0.428. The molecule has 0 spiro atoms. The number of aryl methyl sites for hydroxylation is 1. The fourth-order valence-electron chi connectivity index (χ4n) is 1.71. The Morgan fingerprint density at radius 2 is 2.11 bits per heavy atom. The number of hydrogen-bond acceptors (Lipinski definition) is 6. The van der Waals surface area contributed by atoms with Crippen LogP contribution in [-0.4, -0.2) is 24.7 Å². The van der Waals surface area contributed by atoms with Crippen LogP contribution in [0, 0.1) is 24.0 Å². The molecule has 2 heterocycles. The molecule has 2 aromatic heterocycles. The lowest BCUT2D eigenvalue weighted by Crippen LogP contribution is -2.07. The molecule has 0 unspecified atom stereocenters. The molecule has 2 rings (SSSR count). The van der Waals surface area contributed by atoms with E-state index in [-0.39, 0.29) is 5.69 Å². The van der Waals surface area contributed by atoms with Crippen molar-refractivity contribution in [2.45, 2.75) is 20.4 Å². The molecular formula is C10H12N6O2. The highest BCUT2D eigenvalue weighted by Gasteiger charge is 2.21. The van der Waals surface area contributed by atoms with Gasteiger partial charge in [0.2, 0.25) is 0 Å². The third kappa shape index (κ3) is 2.12. The van der Waals surface area contributed by atoms with E-state index in [0.717, 1.165) is 0 Å². The van der Waals surface area contributed by atoms with Crippen molar-refractivity contribution in [3.63, 3.8) is 0 Å². The first-order valence-electron chi connectivity index (χ1n) is 5.24. The predicted octanol–water partition coefficient (Wildman–Crippen LogP) is 0.829. The normalized spacial score (nSPS) is 10.6. The van der Waals surface area contributed by atoms with Crippen LogP contribution in [0.25, 0.3) is 0 Å². The zero-order chi connectivity index (χ0) is 13.3. The molecule has 18 heavy (non-hydrogen) atoms. The topological polar surface area (TPSA) is 113 Å². The molecule has 0 atom stereocenters. The smallest absolute Gasteiger partial charge is 0.312 e. The SMILES string of the molecule is Cc1nn(Cc2cnc(N)cn2)c(C)c1[N+](=O)[O-]. The van der Waals surface area contributed by atoms with Gasteiger partial charge in [0.15, 0.2) is 0 Å². The van der Waals surface area contributed by atoms with Gasteiger partial charge in [-0.3, -0.25) is 19.8 Å². The number of rotatable bonds is 3. The van der Waals surface area contributed by atoms with Gasteiger partial charge in [0, 0.05) is 0 Å². The highest BCUT2D eigenvalue weighted by atomic mass is 16.6. The van der Waals surface area contributed by atoms with Crippen LogP contribution in [0.1, 0.15) is 17.1 Å². The van der Waals surface area contributed by atoms with Crippen LogP contribution in [0.5, 0.6) is 0 Å². The monoisotopic (exact) mass is 248 g/mol. The molecule has 8 heteroatoms. The lowest BCUT2D eigenvalue weighted by molar-refractivity contribution is -0.386. The first-order valence-corrected chi connectivity index (χ1v) is 5.24. The minimum absolute atomic E-state index is 0.0402. The van der Waals surface area contributed by atoms with Gasteiger partial charge in [-0.25, -0.2) is 4.98 Å². The summed E-state index contributed by atoms with van der Waals surface area (Å²) < 4.78 is 1.54. The van der Waals surface area contributed by atoms with Crippen molar-refractivity contribution >= 4 is 11.5 Å². The van der Waals surface area contributed by atoms with E-state index in [1.54, 1.807) is 13.8 Å². The summed E-state index contributed by atoms with van der Waals surface area (Å²) in [6.45, 7) is 3.59. The average molecular weight is 248 g/mol. The van der Waals surface area contributed by atoms with Crippen molar-refractivity contribution in [1.82, 2.24) is 19.7 Å². The van der Waals surface area contributed by atoms with Gasteiger partial charge in [-0.1, -0.05) is 0 Å². The molecule has 0 aliphatic heterocycles. The van der Waals surface area contributed by atoms with E-state index in [4.69, 9.17) is 5.73 Å². The Bertz CT molecular complexity index is 589. The number of aromatic nitrogens is 4. The molecule has 0 saturated heterocycles. The van der Waals surface area contributed by atoms with Crippen molar-refractivity contribution in [2.75, 3.05) is 5.73 Å². The van der Waals surface area contributed by atoms with Crippen LogP contribution in [0.2, 0.25) is 0 Å². The van der Waals surface area contributed by atoms with Gasteiger partial charge in [-0.2, -0.15) is 5.10 Å². The number of nitro groups is 1. The van der Waals surface area contributed by atoms with Crippen molar-refractivity contribution in [1.29, 1.82) is 0 Å². The Kier molecular flexibility index (Phi) is 2.92. The van der Waals surface area contributed by atoms with Crippen LogP contribution >= 0.6 is 0 Å². The van der Waals surface area contributed by atoms with Gasteiger partial charge in [0.05, 0.1) is 29.6 Å². The lowest BCUT2D eigenvalue weighted by Gasteiger charge is -2.02. The van der Waals surface area contributed by atoms with Gasteiger partial charge >= 0.3 is 5.69 Å². The van der Waals surface area contributed by atoms with Crippen LogP contribution in [0.15, 0.2) is 12.4 Å². The molecule has 0 saturated carbocycles. The maximum Gasteiger partial charge on any atom is 0.312 e. The van der Waals surface area contributed by atoms with Crippen LogP contribution in [0.3, 0.4) is 0 Å². The number of nitrogens with two attached hydrogens (primary N) is 1. The summed E-state index contributed by atoms with van der Waals surface area (Å²) in [4.78, 5) is 18.4. The van der Waals surface area contributed by atoms with Crippen molar-refractivity contribution in [2.24, 2.45) is 0 Å². The van der Waals surface area contributed by atoms with Gasteiger partial charge < -0.3 is 5.73 Å². The third-order valence-corrected chi connectivity index (χ3v) is 2.56. The maximum atomic E-state index is 10.9. The number of hydrogen-bond donors (Lipinski definition) is 1. The Labute approximate surface area is 103 Å². The van der Waals surface area contributed by atoms with Crippen LogP contribution in [0.4, 0.5) is 11.5 Å². The summed E-state index contributed by atoms with van der Waals surface area (Å²) >= 11 is 0. The summed E-state index contributed by atoms with van der Waals surface area (Å²) in [5.74, 6) is 0.332. The van der Waals surface area contributed by atoms with Crippen LogP contribution in [-0.2, 0) is 6.54 Å². The molecule has 0 aliphatic rings. The zero-order valence-corrected chi connectivity index (χ0v) is 9.99. The molecule has 94 valence electrons. The number of anilines is 1. The summed E-state index contributed by atoms with van der Waals surface area (Å²) in [7, 11) is 0. The molecule has 0 radical (unpaired) electrons. The summed E-state index contributed by atoms with van der Waals surface area (Å²) in [6.07, 6.45) is 2.97. The van der Waals surface area contributed by atoms with E-state index in [0.29, 0.717) is 29.4 Å². The molecular weight excluding hydrogens is 236 g/mol. The van der Waals surface area contributed by atoms with E-state index in [2.05, 4.69) is 15.1 Å². The van der Waals surface area contributed by atoms with Gasteiger partial charge in [0.1, 0.15) is 17.2 Å². The van der Waals surface area contributed by atoms with Crippen molar-refractivity contribution in [3.05, 3.63) is 39.6 Å². The molecule has 0 bridgehead atoms. The zero-order valence-electron chi connectivity index (χ0n) is 9.99. The van der Waals surface area contributed by atoms with E-state index in [1.165, 1.54) is 17.1 Å². The van der Waals surface area contributed by atoms with E-state index >= 15 is 0 Å². The molecule has 0 amide bonds. The standard InChI is InChI=1S/C10H12N6O2/c1-6-10(16(17)18)7(2)15(14-6)5-8-3-13-9(11)4-12-8/h3-4H,5H2,1-2H3,(H2,11,13). The second kappa shape index (κ2) is 4.40. The molecule has 0 aromatic carbocycles. The molecule has 0 aliphatic carbocycles. The molecule has 2 N–H and O–H groups in total. The Morgan fingerprint density at radius 3 is 2.61 bits per heavy atom. The molecule has 0 fully saturated rings. The summed E-state index contributed by atoms with van der Waals surface area (Å²) in [6, 6.07) is 0. The Balaban J connectivity index is 2.33. The lowest BCUT2D eigenvalue weighted by atomic mass is 10.3. The van der Waals surface area contributed by atoms with E-state index < -0.39 is 4.92 Å². The van der Waals surface area contributed by atoms with Gasteiger partial charge in [0.25, 0.3) is 0 Å². The maximum absolute atomic E-state index is 10.9. The second-order valence-electron chi connectivity index (χ2n) is 3.87. The van der Waals surface area contributed by atoms with Crippen molar-refractivity contribution in [3.8, 4) is 0 Å². The quantitative estimate of drug-likeness (QED) is 0.635. The average Bonchev–Trinajstić information content (AvgIpc) is 2.57. The highest BCUT2D eigenvalue weighted by molar-refractivity contribution is 5.39. The van der Waals surface area contributed by atoms with Crippen LogP contribution < -0.4 is 5.73 Å². The largest absolute Gasteiger partial charge is 0.382 e. The fraction of sp³-hybridized carbons (Fsp3) is 0.300. The second-order valence-corrected chi connectivity index (χ2v) is 3.87. The van der Waals surface area contributed by atoms with Gasteiger partial charge in [-0.15, -0.1) is 0 Å². The fourth-order valence-corrected chi connectivity index (χ4v) is 1.71. The first-order chi connectivity index (χ1) is 8.49. The molecule has 2 aromatic rings. The Hall–Kier alpha value is -2.51. The predicted molar refractivity (Wildman–Crippen MR) is 63.9 cm³/mol. The van der Waals surface area contributed by atoms with E-state index in [9.17, 15) is 10.1 Å². The third-order valence-electron chi connectivity index (χ3n) is 2.56. The summed E-state index contributed by atoms with van der Waals surface area (Å²) in [5, 5.41) is 15.0. The summed E-state index contributed by atoms with van der Waals surface area (Å²) in [5.41, 5.74) is 7.00. The first kappa shape index (κ1) is 12.0. The highest BCUT2D eigenvalue weighted by Crippen LogP contribution is 2.22. The van der Waals surface area contributed by atoms with E-state index in [1.807, 2.05) is 0 Å². The molecule has 8 nitrogen and oxygen atoms in total. The minimum Gasteiger partial charge on any atom is -0.382 e. The Morgan fingerprint density at radius 1 is 1.39 bits per heavy atom.